The molecule has 2 aromatic carbocycles. The van der Waals surface area contributed by atoms with Gasteiger partial charge < -0.3 is 9.88 Å². The summed E-state index contributed by atoms with van der Waals surface area (Å²) in [6, 6.07) is 12.4. The van der Waals surface area contributed by atoms with Gasteiger partial charge in [-0.2, -0.15) is 0 Å². The Labute approximate surface area is 163 Å². The molecule has 0 saturated heterocycles. The van der Waals surface area contributed by atoms with Crippen molar-refractivity contribution in [3.63, 3.8) is 0 Å². The van der Waals surface area contributed by atoms with Crippen molar-refractivity contribution in [1.29, 1.82) is 0 Å². The minimum atomic E-state index is -3.53. The predicted octanol–water partition coefficient (Wildman–Crippen LogP) is 2.70. The molecule has 8 heteroatoms. The number of hydrogen-bond acceptors (Lipinski definition) is 5. The van der Waals surface area contributed by atoms with Crippen molar-refractivity contribution in [3.8, 4) is 0 Å². The van der Waals surface area contributed by atoms with E-state index in [0.717, 1.165) is 0 Å². The van der Waals surface area contributed by atoms with Crippen molar-refractivity contribution >= 4 is 27.2 Å². The number of nitrogens with zero attached hydrogens (tertiary/aromatic N) is 2. The van der Waals surface area contributed by atoms with Crippen molar-refractivity contribution in [2.45, 2.75) is 11.8 Å². The largest absolute Gasteiger partial charge is 0.331 e. The van der Waals surface area contributed by atoms with E-state index in [1.807, 2.05) is 0 Å². The van der Waals surface area contributed by atoms with Crippen LogP contribution in [0.1, 0.15) is 33.5 Å². The van der Waals surface area contributed by atoms with Crippen LogP contribution in [0.2, 0.25) is 0 Å². The molecule has 0 aliphatic heterocycles. The molecule has 0 aliphatic rings. The molecule has 7 nitrogen and oxygen atoms in total. The Morgan fingerprint density at radius 1 is 1.07 bits per heavy atom. The molecule has 0 saturated carbocycles. The molecule has 0 fully saturated rings. The number of amides is 1. The lowest BCUT2D eigenvalue weighted by atomic mass is 10.1. The number of carbonyl (C=O) groups excluding carboxylic acids is 2. The molecule has 1 amide bonds. The van der Waals surface area contributed by atoms with Gasteiger partial charge in [0.15, 0.2) is 15.7 Å². The Balaban J connectivity index is 1.81. The van der Waals surface area contributed by atoms with E-state index in [0.29, 0.717) is 17.1 Å². The molecule has 0 atom stereocenters. The summed E-state index contributed by atoms with van der Waals surface area (Å²) in [6.07, 6.45) is 3.23. The van der Waals surface area contributed by atoms with Crippen molar-refractivity contribution in [1.82, 2.24) is 9.55 Å². The maximum Gasteiger partial charge on any atom is 0.256 e. The Morgan fingerprint density at radius 3 is 2.36 bits per heavy atom. The molecule has 3 rings (SSSR count). The molecular formula is C20H19N3O4S. The predicted molar refractivity (Wildman–Crippen MR) is 105 cm³/mol. The summed E-state index contributed by atoms with van der Waals surface area (Å²) >= 11 is 0. The van der Waals surface area contributed by atoms with Crippen LogP contribution in [-0.4, -0.2) is 35.4 Å². The molecule has 3 aromatic rings. The topological polar surface area (TPSA) is 98.1 Å². The van der Waals surface area contributed by atoms with Gasteiger partial charge in [-0.25, -0.2) is 13.4 Å². The van der Waals surface area contributed by atoms with E-state index in [2.05, 4.69) is 10.3 Å². The third kappa shape index (κ3) is 3.86. The van der Waals surface area contributed by atoms with E-state index in [1.54, 1.807) is 60.4 Å². The summed E-state index contributed by atoms with van der Waals surface area (Å²) in [4.78, 5) is 29.1. The highest BCUT2D eigenvalue weighted by atomic mass is 32.2. The molecule has 1 heterocycles. The molecule has 0 aliphatic carbocycles. The van der Waals surface area contributed by atoms with Crippen LogP contribution in [0.3, 0.4) is 0 Å². The first-order valence-electron chi connectivity index (χ1n) is 8.58. The van der Waals surface area contributed by atoms with Gasteiger partial charge in [-0.3, -0.25) is 9.59 Å². The fourth-order valence-corrected chi connectivity index (χ4v) is 3.79. The number of nitrogens with one attached hydrogen (secondary N) is 1. The first kappa shape index (κ1) is 19.5. The van der Waals surface area contributed by atoms with Crippen LogP contribution in [0.25, 0.3) is 0 Å². The number of rotatable bonds is 6. The second-order valence-electron chi connectivity index (χ2n) is 6.12. The highest BCUT2D eigenvalue weighted by Gasteiger charge is 2.21. The Morgan fingerprint density at radius 2 is 1.75 bits per heavy atom. The van der Waals surface area contributed by atoms with E-state index >= 15 is 0 Å². The summed E-state index contributed by atoms with van der Waals surface area (Å²) < 4.78 is 26.1. The zero-order chi connectivity index (χ0) is 20.3. The second-order valence-corrected chi connectivity index (χ2v) is 8.37. The second kappa shape index (κ2) is 7.77. The van der Waals surface area contributed by atoms with Gasteiger partial charge in [0.25, 0.3) is 5.91 Å². The van der Waals surface area contributed by atoms with Crippen LogP contribution in [0, 0.1) is 0 Å². The van der Waals surface area contributed by atoms with Gasteiger partial charge in [0.2, 0.25) is 5.78 Å². The third-order valence-electron chi connectivity index (χ3n) is 4.28. The summed E-state index contributed by atoms with van der Waals surface area (Å²) in [7, 11) is -1.80. The number of anilines is 1. The van der Waals surface area contributed by atoms with Crippen LogP contribution in [-0.2, 0) is 16.9 Å². The van der Waals surface area contributed by atoms with Crippen molar-refractivity contribution < 1.29 is 18.0 Å². The van der Waals surface area contributed by atoms with Gasteiger partial charge in [0.05, 0.1) is 16.2 Å². The lowest BCUT2D eigenvalue weighted by Gasteiger charge is -2.10. The minimum absolute atomic E-state index is 0.00317. The molecule has 0 radical (unpaired) electrons. The van der Waals surface area contributed by atoms with E-state index < -0.39 is 15.7 Å². The summed E-state index contributed by atoms with van der Waals surface area (Å²) in [5.41, 5.74) is 0.962. The monoisotopic (exact) mass is 397 g/mol. The summed E-state index contributed by atoms with van der Waals surface area (Å²) in [5, 5.41) is 2.67. The Hall–Kier alpha value is -3.26. The van der Waals surface area contributed by atoms with Gasteiger partial charge in [-0.15, -0.1) is 0 Å². The van der Waals surface area contributed by atoms with E-state index in [9.17, 15) is 18.0 Å². The lowest BCUT2D eigenvalue weighted by Crippen LogP contribution is -2.17. The molecule has 0 unspecified atom stereocenters. The van der Waals surface area contributed by atoms with Crippen molar-refractivity contribution in [3.05, 3.63) is 77.9 Å². The quantitative estimate of drug-likeness (QED) is 0.645. The Kier molecular flexibility index (Phi) is 5.41. The lowest BCUT2D eigenvalue weighted by molar-refractivity contribution is 0.101. The van der Waals surface area contributed by atoms with Gasteiger partial charge in [-0.1, -0.05) is 19.1 Å². The number of aromatic nitrogens is 2. The zero-order valence-electron chi connectivity index (χ0n) is 15.4. The zero-order valence-corrected chi connectivity index (χ0v) is 16.2. The summed E-state index contributed by atoms with van der Waals surface area (Å²) in [6.45, 7) is 1.53. The van der Waals surface area contributed by atoms with Crippen molar-refractivity contribution in [2.75, 3.05) is 11.1 Å². The Bertz CT molecular complexity index is 1130. The van der Waals surface area contributed by atoms with Crippen LogP contribution in [0.4, 0.5) is 5.69 Å². The van der Waals surface area contributed by atoms with Crippen LogP contribution in [0.5, 0.6) is 0 Å². The number of aryl methyl sites for hydroxylation is 1. The molecule has 144 valence electrons. The number of carbonyl (C=O) groups is 2. The van der Waals surface area contributed by atoms with Gasteiger partial charge in [-0.05, 0) is 36.4 Å². The molecule has 1 N–H and O–H groups in total. The van der Waals surface area contributed by atoms with Crippen LogP contribution < -0.4 is 5.32 Å². The standard InChI is InChI=1S/C20H19N3O4S/c1-3-28(26,27)17-7-5-4-6-16(17)20(25)22-15-10-8-14(9-11-15)18(24)19-21-12-13-23(19)2/h4-13H,3H2,1-2H3,(H,22,25). The smallest absolute Gasteiger partial charge is 0.256 e. The number of hydrogen-bond donors (Lipinski definition) is 1. The van der Waals surface area contributed by atoms with E-state index in [4.69, 9.17) is 0 Å². The van der Waals surface area contributed by atoms with Gasteiger partial charge in [0.1, 0.15) is 0 Å². The highest BCUT2D eigenvalue weighted by molar-refractivity contribution is 7.91. The average Bonchev–Trinajstić information content (AvgIpc) is 3.14. The van der Waals surface area contributed by atoms with Gasteiger partial charge in [0, 0.05) is 30.7 Å². The fraction of sp³-hybridized carbons (Fsp3) is 0.150. The normalized spacial score (nSPS) is 11.2. The first-order valence-corrected chi connectivity index (χ1v) is 10.2. The number of benzene rings is 2. The maximum atomic E-state index is 12.6. The maximum absolute atomic E-state index is 12.6. The minimum Gasteiger partial charge on any atom is -0.331 e. The first-order chi connectivity index (χ1) is 13.3. The number of ketones is 1. The fourth-order valence-electron chi connectivity index (χ4n) is 2.70. The molecule has 0 spiro atoms. The summed E-state index contributed by atoms with van der Waals surface area (Å²) in [5.74, 6) is -0.544. The van der Waals surface area contributed by atoms with Crippen LogP contribution >= 0.6 is 0 Å². The third-order valence-corrected chi connectivity index (χ3v) is 6.06. The molecule has 1 aromatic heterocycles. The number of imidazole rings is 1. The van der Waals surface area contributed by atoms with Gasteiger partial charge >= 0.3 is 0 Å². The van der Waals surface area contributed by atoms with Crippen molar-refractivity contribution in [2.24, 2.45) is 7.05 Å². The highest BCUT2D eigenvalue weighted by Crippen LogP contribution is 2.19. The van der Waals surface area contributed by atoms with E-state index in [-0.39, 0.29) is 22.0 Å². The molecular weight excluding hydrogens is 378 g/mol. The molecule has 28 heavy (non-hydrogen) atoms. The van der Waals surface area contributed by atoms with E-state index in [1.165, 1.54) is 19.1 Å². The average molecular weight is 397 g/mol. The molecule has 0 bridgehead atoms. The van der Waals surface area contributed by atoms with Crippen LogP contribution in [0.15, 0.2) is 65.8 Å². The SMILES string of the molecule is CCS(=O)(=O)c1ccccc1C(=O)Nc1ccc(C(=O)c2nccn2C)cc1. The number of sulfone groups is 1.